The molecule has 2 N–H and O–H groups in total. The van der Waals surface area contributed by atoms with Crippen LogP contribution in [0.15, 0.2) is 18.2 Å². The minimum Gasteiger partial charge on any atom is -0.494 e. The van der Waals surface area contributed by atoms with Crippen molar-refractivity contribution >= 4 is 11.6 Å². The Morgan fingerprint density at radius 2 is 2.29 bits per heavy atom. The van der Waals surface area contributed by atoms with Gasteiger partial charge in [0, 0.05) is 11.6 Å². The number of benzene rings is 1. The third-order valence-corrected chi connectivity index (χ3v) is 2.26. The summed E-state index contributed by atoms with van der Waals surface area (Å²) in [6.07, 6.45) is 0.762. The van der Waals surface area contributed by atoms with Gasteiger partial charge in [0.2, 0.25) is 0 Å². The Kier molecular flexibility index (Phi) is 4.73. The molecule has 0 radical (unpaired) electrons. The van der Waals surface area contributed by atoms with Gasteiger partial charge >= 0.3 is 0 Å². The number of aryl methyl sites for hydroxylation is 1. The molecular formula is C10H14ClNO2. The Labute approximate surface area is 88.6 Å². The molecule has 0 fully saturated rings. The SMILES string of the molecule is Cc1cc(OCCCNO)ccc1Cl. The maximum Gasteiger partial charge on any atom is 0.119 e. The first-order valence-corrected chi connectivity index (χ1v) is 4.87. The number of hydrogen-bond acceptors (Lipinski definition) is 3. The predicted molar refractivity (Wildman–Crippen MR) is 56.1 cm³/mol. The molecule has 4 heteroatoms. The molecule has 0 spiro atoms. The van der Waals surface area contributed by atoms with Crippen LogP contribution in [0.2, 0.25) is 5.02 Å². The maximum atomic E-state index is 8.32. The van der Waals surface area contributed by atoms with E-state index in [1.165, 1.54) is 0 Å². The molecule has 0 aliphatic heterocycles. The van der Waals surface area contributed by atoms with Gasteiger partial charge in [-0.25, -0.2) is 5.48 Å². The maximum absolute atomic E-state index is 8.32. The third kappa shape index (κ3) is 3.54. The van der Waals surface area contributed by atoms with Crippen molar-refractivity contribution in [1.29, 1.82) is 0 Å². The van der Waals surface area contributed by atoms with Crippen molar-refractivity contribution in [2.24, 2.45) is 0 Å². The highest BCUT2D eigenvalue weighted by Gasteiger charge is 1.97. The summed E-state index contributed by atoms with van der Waals surface area (Å²) in [4.78, 5) is 0. The van der Waals surface area contributed by atoms with Crippen molar-refractivity contribution in [1.82, 2.24) is 5.48 Å². The van der Waals surface area contributed by atoms with E-state index in [4.69, 9.17) is 21.5 Å². The van der Waals surface area contributed by atoms with Crippen molar-refractivity contribution in [3.63, 3.8) is 0 Å². The van der Waals surface area contributed by atoms with E-state index in [1.807, 2.05) is 25.1 Å². The van der Waals surface area contributed by atoms with Crippen LogP contribution >= 0.6 is 11.6 Å². The fourth-order valence-corrected chi connectivity index (χ4v) is 1.17. The molecule has 1 aromatic carbocycles. The van der Waals surface area contributed by atoms with Crippen LogP contribution in [0.1, 0.15) is 12.0 Å². The van der Waals surface area contributed by atoms with Gasteiger partial charge in [-0.2, -0.15) is 0 Å². The highest BCUT2D eigenvalue weighted by Crippen LogP contribution is 2.20. The third-order valence-electron chi connectivity index (χ3n) is 1.83. The van der Waals surface area contributed by atoms with E-state index < -0.39 is 0 Å². The first-order chi connectivity index (χ1) is 6.74. The quantitative estimate of drug-likeness (QED) is 0.586. The molecule has 0 aromatic heterocycles. The molecule has 0 saturated carbocycles. The summed E-state index contributed by atoms with van der Waals surface area (Å²) in [5.74, 6) is 0.810. The molecule has 0 atom stereocenters. The van der Waals surface area contributed by atoms with Crippen LogP contribution in [-0.4, -0.2) is 18.4 Å². The van der Waals surface area contributed by atoms with Gasteiger partial charge in [0.05, 0.1) is 6.61 Å². The number of halogens is 1. The van der Waals surface area contributed by atoms with Crippen LogP contribution in [0.5, 0.6) is 5.75 Å². The molecule has 0 amide bonds. The Hall–Kier alpha value is -0.770. The van der Waals surface area contributed by atoms with Crippen LogP contribution < -0.4 is 10.2 Å². The second-order valence-electron chi connectivity index (χ2n) is 3.02. The van der Waals surface area contributed by atoms with Crippen molar-refractivity contribution in [3.05, 3.63) is 28.8 Å². The van der Waals surface area contributed by atoms with Gasteiger partial charge < -0.3 is 9.94 Å². The lowest BCUT2D eigenvalue weighted by Gasteiger charge is -2.06. The molecule has 1 rings (SSSR count). The first kappa shape index (κ1) is 11.3. The van der Waals surface area contributed by atoms with Crippen molar-refractivity contribution in [2.75, 3.05) is 13.2 Å². The van der Waals surface area contributed by atoms with Crippen LogP contribution in [0.4, 0.5) is 0 Å². The fraction of sp³-hybridized carbons (Fsp3) is 0.400. The van der Waals surface area contributed by atoms with Gasteiger partial charge in [0.15, 0.2) is 0 Å². The molecule has 0 aliphatic rings. The average Bonchev–Trinajstić information content (AvgIpc) is 2.18. The van der Waals surface area contributed by atoms with Gasteiger partial charge in [-0.3, -0.25) is 0 Å². The zero-order valence-corrected chi connectivity index (χ0v) is 8.84. The lowest BCUT2D eigenvalue weighted by atomic mass is 10.2. The van der Waals surface area contributed by atoms with Gasteiger partial charge in [0.25, 0.3) is 0 Å². The minimum atomic E-state index is 0.534. The summed E-state index contributed by atoms with van der Waals surface area (Å²) < 4.78 is 5.43. The molecule has 1 aromatic rings. The number of hydrogen-bond donors (Lipinski definition) is 2. The minimum absolute atomic E-state index is 0.534. The zero-order valence-electron chi connectivity index (χ0n) is 8.09. The summed E-state index contributed by atoms with van der Waals surface area (Å²) in [5.41, 5.74) is 3.08. The Balaban J connectivity index is 2.39. The number of rotatable bonds is 5. The summed E-state index contributed by atoms with van der Waals surface area (Å²) in [6.45, 7) is 3.05. The second-order valence-corrected chi connectivity index (χ2v) is 3.43. The lowest BCUT2D eigenvalue weighted by molar-refractivity contribution is 0.157. The van der Waals surface area contributed by atoms with E-state index in [0.717, 1.165) is 22.8 Å². The van der Waals surface area contributed by atoms with E-state index >= 15 is 0 Å². The summed E-state index contributed by atoms with van der Waals surface area (Å²) in [6, 6.07) is 5.55. The average molecular weight is 216 g/mol. The van der Waals surface area contributed by atoms with Gasteiger partial charge in [-0.1, -0.05) is 11.6 Å². The summed E-state index contributed by atoms with van der Waals surface area (Å²) >= 11 is 5.87. The highest BCUT2D eigenvalue weighted by molar-refractivity contribution is 6.31. The number of nitrogens with one attached hydrogen (secondary N) is 1. The largest absolute Gasteiger partial charge is 0.494 e. The molecule has 0 aliphatic carbocycles. The Morgan fingerprint density at radius 1 is 1.50 bits per heavy atom. The van der Waals surface area contributed by atoms with Crippen LogP contribution in [-0.2, 0) is 0 Å². The Morgan fingerprint density at radius 3 is 2.93 bits per heavy atom. The molecule has 78 valence electrons. The van der Waals surface area contributed by atoms with Crippen LogP contribution in [0.3, 0.4) is 0 Å². The van der Waals surface area contributed by atoms with Crippen molar-refractivity contribution < 1.29 is 9.94 Å². The van der Waals surface area contributed by atoms with Crippen molar-refractivity contribution in [2.45, 2.75) is 13.3 Å². The van der Waals surface area contributed by atoms with E-state index in [1.54, 1.807) is 0 Å². The summed E-state index contributed by atoms with van der Waals surface area (Å²) in [7, 11) is 0. The van der Waals surface area contributed by atoms with E-state index in [0.29, 0.717) is 13.2 Å². The fourth-order valence-electron chi connectivity index (χ4n) is 1.05. The van der Waals surface area contributed by atoms with Crippen LogP contribution in [0.25, 0.3) is 0 Å². The highest BCUT2D eigenvalue weighted by atomic mass is 35.5. The van der Waals surface area contributed by atoms with Crippen LogP contribution in [0, 0.1) is 6.92 Å². The van der Waals surface area contributed by atoms with E-state index in [9.17, 15) is 0 Å². The smallest absolute Gasteiger partial charge is 0.119 e. The number of ether oxygens (including phenoxy) is 1. The van der Waals surface area contributed by atoms with E-state index in [2.05, 4.69) is 5.48 Å². The molecule has 0 heterocycles. The molecule has 0 bridgehead atoms. The standard InChI is InChI=1S/C10H14ClNO2/c1-8-7-9(3-4-10(8)11)14-6-2-5-12-13/h3-4,7,12-13H,2,5-6H2,1H3. The molecular weight excluding hydrogens is 202 g/mol. The van der Waals surface area contributed by atoms with E-state index in [-0.39, 0.29) is 0 Å². The first-order valence-electron chi connectivity index (χ1n) is 4.50. The lowest BCUT2D eigenvalue weighted by Crippen LogP contribution is -2.12. The van der Waals surface area contributed by atoms with Gasteiger partial charge in [0.1, 0.15) is 5.75 Å². The summed E-state index contributed by atoms with van der Waals surface area (Å²) in [5, 5.41) is 9.07. The zero-order chi connectivity index (χ0) is 10.4. The molecule has 3 nitrogen and oxygen atoms in total. The second kappa shape index (κ2) is 5.86. The normalized spacial score (nSPS) is 10.2. The topological polar surface area (TPSA) is 41.5 Å². The van der Waals surface area contributed by atoms with Gasteiger partial charge in [-0.15, -0.1) is 0 Å². The monoisotopic (exact) mass is 215 g/mol. The molecule has 0 saturated heterocycles. The molecule has 0 unspecified atom stereocenters. The Bertz CT molecular complexity index is 291. The predicted octanol–water partition coefficient (Wildman–Crippen LogP) is 2.40. The number of hydroxylamine groups is 1. The van der Waals surface area contributed by atoms with Gasteiger partial charge in [-0.05, 0) is 37.1 Å². The van der Waals surface area contributed by atoms with Crippen molar-refractivity contribution in [3.8, 4) is 5.75 Å². The molecule has 14 heavy (non-hydrogen) atoms.